The predicted molar refractivity (Wildman–Crippen MR) is 86.1 cm³/mol. The number of hydrogen-bond donors (Lipinski definition) is 1. The molecule has 1 aromatic carbocycles. The smallest absolute Gasteiger partial charge is 0.248 e. The molecule has 0 atom stereocenters. The van der Waals surface area contributed by atoms with Gasteiger partial charge in [0, 0.05) is 22.7 Å². The van der Waals surface area contributed by atoms with Crippen molar-refractivity contribution in [1.82, 2.24) is 0 Å². The van der Waals surface area contributed by atoms with Crippen LogP contribution in [0, 0.1) is 0 Å². The standard InChI is InChI=1S/C16H17NO3S/c1-3-20-14-8-6-12(11-15(14)19-2)17-16(18)9-7-13-5-4-10-21-13/h4-11H,3H2,1-2H3,(H,17,18)/b9-7+. The summed E-state index contributed by atoms with van der Waals surface area (Å²) in [7, 11) is 1.57. The summed E-state index contributed by atoms with van der Waals surface area (Å²) in [5.41, 5.74) is 0.663. The average Bonchev–Trinajstić information content (AvgIpc) is 3.00. The third kappa shape index (κ3) is 4.36. The molecule has 4 nitrogen and oxygen atoms in total. The van der Waals surface area contributed by atoms with Crippen LogP contribution in [0.1, 0.15) is 11.8 Å². The molecule has 0 aliphatic carbocycles. The Morgan fingerprint density at radius 3 is 2.86 bits per heavy atom. The average molecular weight is 303 g/mol. The van der Waals surface area contributed by atoms with E-state index in [0.29, 0.717) is 23.8 Å². The minimum atomic E-state index is -0.186. The third-order valence-corrected chi connectivity index (χ3v) is 3.51. The quantitative estimate of drug-likeness (QED) is 0.826. The van der Waals surface area contributed by atoms with Crippen LogP contribution < -0.4 is 14.8 Å². The molecule has 110 valence electrons. The number of methoxy groups -OCH3 is 1. The number of rotatable bonds is 6. The van der Waals surface area contributed by atoms with Gasteiger partial charge in [-0.2, -0.15) is 0 Å². The van der Waals surface area contributed by atoms with Crippen molar-refractivity contribution in [2.75, 3.05) is 19.0 Å². The molecule has 0 radical (unpaired) electrons. The monoisotopic (exact) mass is 303 g/mol. The molecule has 1 amide bonds. The maximum atomic E-state index is 11.9. The zero-order valence-electron chi connectivity index (χ0n) is 12.0. The van der Waals surface area contributed by atoms with Gasteiger partial charge in [-0.3, -0.25) is 4.79 Å². The Balaban J connectivity index is 2.03. The van der Waals surface area contributed by atoms with E-state index in [1.165, 1.54) is 6.08 Å². The van der Waals surface area contributed by atoms with Gasteiger partial charge >= 0.3 is 0 Å². The minimum Gasteiger partial charge on any atom is -0.493 e. The summed E-state index contributed by atoms with van der Waals surface area (Å²) in [4.78, 5) is 12.9. The van der Waals surface area contributed by atoms with Gasteiger partial charge in [0.15, 0.2) is 11.5 Å². The maximum absolute atomic E-state index is 11.9. The van der Waals surface area contributed by atoms with Crippen molar-refractivity contribution >= 4 is 29.0 Å². The third-order valence-electron chi connectivity index (χ3n) is 2.67. The number of hydrogen-bond acceptors (Lipinski definition) is 4. The first-order chi connectivity index (χ1) is 10.2. The van der Waals surface area contributed by atoms with Gasteiger partial charge in [0.1, 0.15) is 0 Å². The molecular weight excluding hydrogens is 286 g/mol. The van der Waals surface area contributed by atoms with Crippen LogP contribution in [0.3, 0.4) is 0 Å². The van der Waals surface area contributed by atoms with Crippen molar-refractivity contribution < 1.29 is 14.3 Å². The molecule has 0 aliphatic heterocycles. The summed E-state index contributed by atoms with van der Waals surface area (Å²) in [5.74, 6) is 1.07. The second kappa shape index (κ2) is 7.50. The van der Waals surface area contributed by atoms with Crippen LogP contribution in [-0.4, -0.2) is 19.6 Å². The Morgan fingerprint density at radius 1 is 1.33 bits per heavy atom. The summed E-state index contributed by atoms with van der Waals surface area (Å²) in [6, 6.07) is 9.20. The van der Waals surface area contributed by atoms with Crippen molar-refractivity contribution in [2.24, 2.45) is 0 Å². The summed E-state index contributed by atoms with van der Waals surface area (Å²) in [6.45, 7) is 2.47. The Labute approximate surface area is 128 Å². The summed E-state index contributed by atoms with van der Waals surface area (Å²) < 4.78 is 10.7. The fourth-order valence-electron chi connectivity index (χ4n) is 1.75. The summed E-state index contributed by atoms with van der Waals surface area (Å²) in [5, 5.41) is 4.76. The van der Waals surface area contributed by atoms with Crippen LogP contribution >= 0.6 is 11.3 Å². The molecule has 1 N–H and O–H groups in total. The molecule has 0 spiro atoms. The van der Waals surface area contributed by atoms with E-state index in [0.717, 1.165) is 4.88 Å². The number of thiophene rings is 1. The SMILES string of the molecule is CCOc1ccc(NC(=O)/C=C/c2cccs2)cc1OC. The summed E-state index contributed by atoms with van der Waals surface area (Å²) in [6.07, 6.45) is 3.29. The molecule has 0 saturated carbocycles. The van der Waals surface area contributed by atoms with E-state index in [4.69, 9.17) is 9.47 Å². The zero-order valence-corrected chi connectivity index (χ0v) is 12.8. The number of amides is 1. The highest BCUT2D eigenvalue weighted by Crippen LogP contribution is 2.30. The van der Waals surface area contributed by atoms with Crippen molar-refractivity contribution in [3.8, 4) is 11.5 Å². The molecule has 1 heterocycles. The second-order valence-electron chi connectivity index (χ2n) is 4.14. The number of carbonyl (C=O) groups is 1. The van der Waals surface area contributed by atoms with Gasteiger partial charge < -0.3 is 14.8 Å². The van der Waals surface area contributed by atoms with Crippen LogP contribution in [-0.2, 0) is 4.79 Å². The Bertz CT molecular complexity index is 620. The van der Waals surface area contributed by atoms with Crippen LogP contribution in [0.4, 0.5) is 5.69 Å². The fourth-order valence-corrected chi connectivity index (χ4v) is 2.37. The second-order valence-corrected chi connectivity index (χ2v) is 5.12. The zero-order chi connectivity index (χ0) is 15.1. The Kier molecular flexibility index (Phi) is 5.40. The van der Waals surface area contributed by atoms with Gasteiger partial charge in [-0.15, -0.1) is 11.3 Å². The lowest BCUT2D eigenvalue weighted by Crippen LogP contribution is -2.08. The molecule has 0 aliphatic rings. The van der Waals surface area contributed by atoms with Crippen LogP contribution in [0.25, 0.3) is 6.08 Å². The van der Waals surface area contributed by atoms with E-state index in [-0.39, 0.29) is 5.91 Å². The highest BCUT2D eigenvalue weighted by atomic mass is 32.1. The van der Waals surface area contributed by atoms with Gasteiger partial charge in [0.2, 0.25) is 5.91 Å². The molecule has 2 aromatic rings. The van der Waals surface area contributed by atoms with E-state index >= 15 is 0 Å². The van der Waals surface area contributed by atoms with Gasteiger partial charge in [-0.05, 0) is 36.6 Å². The van der Waals surface area contributed by atoms with Crippen molar-refractivity contribution in [3.05, 3.63) is 46.7 Å². The molecule has 0 fully saturated rings. The first-order valence-electron chi connectivity index (χ1n) is 6.56. The van der Waals surface area contributed by atoms with Gasteiger partial charge in [-0.1, -0.05) is 6.07 Å². The van der Waals surface area contributed by atoms with Crippen LogP contribution in [0.15, 0.2) is 41.8 Å². The van der Waals surface area contributed by atoms with Crippen LogP contribution in [0.5, 0.6) is 11.5 Å². The van der Waals surface area contributed by atoms with Crippen molar-refractivity contribution in [1.29, 1.82) is 0 Å². The molecular formula is C16H17NO3S. The number of carbonyl (C=O) groups excluding carboxylic acids is 1. The Morgan fingerprint density at radius 2 is 2.19 bits per heavy atom. The number of nitrogens with one attached hydrogen (secondary N) is 1. The van der Waals surface area contributed by atoms with Crippen LogP contribution in [0.2, 0.25) is 0 Å². The molecule has 5 heteroatoms. The molecule has 0 saturated heterocycles. The fraction of sp³-hybridized carbons (Fsp3) is 0.188. The van der Waals surface area contributed by atoms with E-state index in [2.05, 4.69) is 5.32 Å². The lowest BCUT2D eigenvalue weighted by atomic mass is 10.2. The number of benzene rings is 1. The van der Waals surface area contributed by atoms with E-state index < -0.39 is 0 Å². The van der Waals surface area contributed by atoms with E-state index in [1.807, 2.05) is 24.4 Å². The van der Waals surface area contributed by atoms with Gasteiger partial charge in [-0.25, -0.2) is 0 Å². The highest BCUT2D eigenvalue weighted by Gasteiger charge is 2.06. The van der Waals surface area contributed by atoms with Crippen molar-refractivity contribution in [3.63, 3.8) is 0 Å². The molecule has 0 unspecified atom stereocenters. The van der Waals surface area contributed by atoms with E-state index in [9.17, 15) is 4.79 Å². The van der Waals surface area contributed by atoms with E-state index in [1.54, 1.807) is 42.7 Å². The lowest BCUT2D eigenvalue weighted by Gasteiger charge is -2.11. The normalized spacial score (nSPS) is 10.6. The van der Waals surface area contributed by atoms with Gasteiger partial charge in [0.05, 0.1) is 13.7 Å². The van der Waals surface area contributed by atoms with Gasteiger partial charge in [0.25, 0.3) is 0 Å². The lowest BCUT2D eigenvalue weighted by molar-refractivity contribution is -0.111. The predicted octanol–water partition coefficient (Wildman–Crippen LogP) is 3.81. The molecule has 2 rings (SSSR count). The number of anilines is 1. The van der Waals surface area contributed by atoms with Crippen molar-refractivity contribution in [2.45, 2.75) is 6.92 Å². The Hall–Kier alpha value is -2.27. The first kappa shape index (κ1) is 15.1. The molecule has 21 heavy (non-hydrogen) atoms. The number of ether oxygens (including phenoxy) is 2. The highest BCUT2D eigenvalue weighted by molar-refractivity contribution is 7.10. The molecule has 1 aromatic heterocycles. The summed E-state index contributed by atoms with van der Waals surface area (Å²) >= 11 is 1.58. The topological polar surface area (TPSA) is 47.6 Å². The largest absolute Gasteiger partial charge is 0.493 e. The molecule has 0 bridgehead atoms. The minimum absolute atomic E-state index is 0.186. The first-order valence-corrected chi connectivity index (χ1v) is 7.44. The maximum Gasteiger partial charge on any atom is 0.248 e.